The Balaban J connectivity index is 2.30. The lowest BCUT2D eigenvalue weighted by Gasteiger charge is -2.39. The fourth-order valence-corrected chi connectivity index (χ4v) is 2.92. The van der Waals surface area contributed by atoms with E-state index in [-0.39, 0.29) is 11.7 Å². The largest absolute Gasteiger partial charge is 0.487 e. The van der Waals surface area contributed by atoms with Crippen LogP contribution in [0, 0.1) is 16.0 Å². The molecule has 2 unspecified atom stereocenters. The van der Waals surface area contributed by atoms with Crippen LogP contribution in [0.15, 0.2) is 18.2 Å². The lowest BCUT2D eigenvalue weighted by atomic mass is 9.92. The van der Waals surface area contributed by atoms with E-state index in [1.165, 1.54) is 6.07 Å². The maximum absolute atomic E-state index is 11.0. The number of anilines is 1. The number of nitrogens with two attached hydrogens (primary N) is 1. The maximum atomic E-state index is 11.0. The highest BCUT2D eigenvalue weighted by atomic mass is 16.6. The molecule has 116 valence electrons. The van der Waals surface area contributed by atoms with Crippen LogP contribution < -0.4 is 15.4 Å². The Kier molecular flexibility index (Phi) is 5.01. The number of nitrogens with zero attached hydrogens (tertiary/aromatic N) is 2. The van der Waals surface area contributed by atoms with Crippen molar-refractivity contribution in [2.24, 2.45) is 11.7 Å². The van der Waals surface area contributed by atoms with Gasteiger partial charge in [-0.3, -0.25) is 10.1 Å². The zero-order chi connectivity index (χ0) is 15.4. The first-order valence-corrected chi connectivity index (χ1v) is 7.44. The summed E-state index contributed by atoms with van der Waals surface area (Å²) in [6, 6.07) is 5.36. The Morgan fingerprint density at radius 1 is 1.52 bits per heavy atom. The van der Waals surface area contributed by atoms with Crippen molar-refractivity contribution >= 4 is 11.4 Å². The Bertz CT molecular complexity index is 507. The molecule has 0 aromatic heterocycles. The third kappa shape index (κ3) is 3.44. The van der Waals surface area contributed by atoms with E-state index < -0.39 is 4.92 Å². The molecule has 2 atom stereocenters. The van der Waals surface area contributed by atoms with Crippen LogP contribution in [0.25, 0.3) is 0 Å². The molecule has 1 aliphatic rings. The maximum Gasteiger partial charge on any atom is 0.311 e. The first-order valence-electron chi connectivity index (χ1n) is 7.44. The predicted octanol–water partition coefficient (Wildman–Crippen LogP) is 2.56. The fraction of sp³-hybridized carbons (Fsp3) is 0.600. The molecule has 1 aromatic carbocycles. The van der Waals surface area contributed by atoms with Gasteiger partial charge in [0, 0.05) is 37.0 Å². The van der Waals surface area contributed by atoms with Gasteiger partial charge >= 0.3 is 5.69 Å². The summed E-state index contributed by atoms with van der Waals surface area (Å²) in [6.45, 7) is 5.97. The van der Waals surface area contributed by atoms with E-state index in [0.29, 0.717) is 24.8 Å². The van der Waals surface area contributed by atoms with Crippen molar-refractivity contribution < 1.29 is 9.66 Å². The minimum absolute atomic E-state index is 0.00951. The number of benzene rings is 1. The molecule has 0 radical (unpaired) electrons. The van der Waals surface area contributed by atoms with Gasteiger partial charge in [0.1, 0.15) is 0 Å². The molecule has 2 N–H and O–H groups in total. The minimum Gasteiger partial charge on any atom is -0.487 e. The van der Waals surface area contributed by atoms with E-state index >= 15 is 0 Å². The lowest BCUT2D eigenvalue weighted by Crippen LogP contribution is -2.46. The van der Waals surface area contributed by atoms with Crippen LogP contribution in [0.1, 0.15) is 26.7 Å². The second-order valence-electron chi connectivity index (χ2n) is 5.55. The molecule has 1 aliphatic heterocycles. The molecular formula is C15H23N3O3. The van der Waals surface area contributed by atoms with E-state index in [1.807, 2.05) is 6.92 Å². The van der Waals surface area contributed by atoms with Crippen LogP contribution >= 0.6 is 0 Å². The molecular weight excluding hydrogens is 270 g/mol. The summed E-state index contributed by atoms with van der Waals surface area (Å²) in [4.78, 5) is 12.9. The summed E-state index contributed by atoms with van der Waals surface area (Å²) in [7, 11) is 0. The molecule has 1 saturated heterocycles. The summed E-state index contributed by atoms with van der Waals surface area (Å²) in [5, 5.41) is 11.0. The highest BCUT2D eigenvalue weighted by molar-refractivity contribution is 5.60. The summed E-state index contributed by atoms with van der Waals surface area (Å²) in [5.41, 5.74) is 6.85. The van der Waals surface area contributed by atoms with Crippen molar-refractivity contribution in [1.29, 1.82) is 0 Å². The Morgan fingerprint density at radius 2 is 2.29 bits per heavy atom. The van der Waals surface area contributed by atoms with Crippen LogP contribution in [0.2, 0.25) is 0 Å². The topological polar surface area (TPSA) is 81.6 Å². The van der Waals surface area contributed by atoms with Crippen molar-refractivity contribution in [3.05, 3.63) is 28.3 Å². The van der Waals surface area contributed by atoms with Crippen molar-refractivity contribution in [2.45, 2.75) is 32.7 Å². The molecule has 0 saturated carbocycles. The molecule has 0 spiro atoms. The third-order valence-corrected chi connectivity index (χ3v) is 4.02. The van der Waals surface area contributed by atoms with E-state index in [0.717, 1.165) is 25.1 Å². The van der Waals surface area contributed by atoms with Gasteiger partial charge in [0.05, 0.1) is 11.5 Å². The number of hydrogen-bond donors (Lipinski definition) is 1. The summed E-state index contributed by atoms with van der Waals surface area (Å²) < 4.78 is 5.42. The number of nitro benzene ring substituents is 1. The lowest BCUT2D eigenvalue weighted by molar-refractivity contribution is -0.385. The molecule has 0 amide bonds. The third-order valence-electron chi connectivity index (χ3n) is 4.02. The van der Waals surface area contributed by atoms with Gasteiger partial charge in [-0.2, -0.15) is 0 Å². The SMILES string of the molecule is CCOc1cc(N2CCC(C)CC2CN)ccc1[N+](=O)[O-]. The second-order valence-corrected chi connectivity index (χ2v) is 5.55. The van der Waals surface area contributed by atoms with Crippen LogP contribution in [0.4, 0.5) is 11.4 Å². The quantitative estimate of drug-likeness (QED) is 0.666. The smallest absolute Gasteiger partial charge is 0.311 e. The molecule has 6 nitrogen and oxygen atoms in total. The average molecular weight is 293 g/mol. The molecule has 1 aromatic rings. The Labute approximate surface area is 125 Å². The van der Waals surface area contributed by atoms with Gasteiger partial charge in [0.2, 0.25) is 0 Å². The van der Waals surface area contributed by atoms with Gasteiger partial charge < -0.3 is 15.4 Å². The Morgan fingerprint density at radius 3 is 2.90 bits per heavy atom. The van der Waals surface area contributed by atoms with E-state index in [9.17, 15) is 10.1 Å². The molecule has 2 rings (SSSR count). The summed E-state index contributed by atoms with van der Waals surface area (Å²) >= 11 is 0. The van der Waals surface area contributed by atoms with Crippen LogP contribution in [-0.4, -0.2) is 30.7 Å². The molecule has 1 fully saturated rings. The molecule has 0 bridgehead atoms. The van der Waals surface area contributed by atoms with Gasteiger partial charge in [-0.15, -0.1) is 0 Å². The van der Waals surface area contributed by atoms with Crippen LogP contribution in [-0.2, 0) is 0 Å². The zero-order valence-corrected chi connectivity index (χ0v) is 12.6. The standard InChI is InChI=1S/C15H23N3O3/c1-3-21-15-9-12(4-5-14(15)18(19)20)17-7-6-11(2)8-13(17)10-16/h4-5,9,11,13H,3,6-8,10,16H2,1-2H3. The minimum atomic E-state index is -0.409. The van der Waals surface area contributed by atoms with Crippen molar-refractivity contribution in [3.8, 4) is 5.75 Å². The number of rotatable bonds is 5. The molecule has 1 heterocycles. The van der Waals surface area contributed by atoms with E-state index in [2.05, 4.69) is 11.8 Å². The highest BCUT2D eigenvalue weighted by Crippen LogP contribution is 2.34. The second kappa shape index (κ2) is 6.76. The number of ether oxygens (including phenoxy) is 1. The van der Waals surface area contributed by atoms with Gasteiger partial charge in [0.25, 0.3) is 0 Å². The van der Waals surface area contributed by atoms with Crippen molar-refractivity contribution in [1.82, 2.24) is 0 Å². The first-order chi connectivity index (χ1) is 10.1. The number of hydrogen-bond acceptors (Lipinski definition) is 5. The highest BCUT2D eigenvalue weighted by Gasteiger charge is 2.27. The summed E-state index contributed by atoms with van der Waals surface area (Å²) in [5.74, 6) is 0.994. The van der Waals surface area contributed by atoms with Crippen molar-refractivity contribution in [3.63, 3.8) is 0 Å². The first kappa shape index (κ1) is 15.6. The average Bonchev–Trinajstić information content (AvgIpc) is 2.47. The predicted molar refractivity (Wildman–Crippen MR) is 82.9 cm³/mol. The molecule has 6 heteroatoms. The normalized spacial score (nSPS) is 22.1. The van der Waals surface area contributed by atoms with Crippen LogP contribution in [0.3, 0.4) is 0 Å². The van der Waals surface area contributed by atoms with Gasteiger partial charge in [-0.1, -0.05) is 6.92 Å². The van der Waals surface area contributed by atoms with Gasteiger partial charge in [-0.25, -0.2) is 0 Å². The molecule has 0 aliphatic carbocycles. The number of nitro groups is 1. The number of piperidine rings is 1. The van der Waals surface area contributed by atoms with Crippen LogP contribution in [0.5, 0.6) is 5.75 Å². The van der Waals surface area contributed by atoms with E-state index in [1.54, 1.807) is 12.1 Å². The summed E-state index contributed by atoms with van der Waals surface area (Å²) in [6.07, 6.45) is 2.16. The molecule has 21 heavy (non-hydrogen) atoms. The zero-order valence-electron chi connectivity index (χ0n) is 12.6. The van der Waals surface area contributed by atoms with Gasteiger partial charge in [-0.05, 0) is 31.7 Å². The van der Waals surface area contributed by atoms with Crippen molar-refractivity contribution in [2.75, 3.05) is 24.6 Å². The Hall–Kier alpha value is -1.82. The monoisotopic (exact) mass is 293 g/mol. The van der Waals surface area contributed by atoms with Gasteiger partial charge in [0.15, 0.2) is 5.75 Å². The van der Waals surface area contributed by atoms with E-state index in [4.69, 9.17) is 10.5 Å². The fourth-order valence-electron chi connectivity index (χ4n) is 2.92.